The topological polar surface area (TPSA) is 54.5 Å². The van der Waals surface area contributed by atoms with Crippen LogP contribution in [0.3, 0.4) is 0 Å². The minimum atomic E-state index is -0.0543. The summed E-state index contributed by atoms with van der Waals surface area (Å²) < 4.78 is 5.73. The molecule has 0 aliphatic carbocycles. The summed E-state index contributed by atoms with van der Waals surface area (Å²) in [6.45, 7) is 2.93. The number of aromatic nitrogens is 1. The quantitative estimate of drug-likeness (QED) is 0.861. The van der Waals surface area contributed by atoms with E-state index in [1.165, 1.54) is 0 Å². The highest BCUT2D eigenvalue weighted by Crippen LogP contribution is 2.24. The lowest BCUT2D eigenvalue weighted by Crippen LogP contribution is -2.46. The van der Waals surface area contributed by atoms with E-state index < -0.39 is 0 Å². The van der Waals surface area contributed by atoms with Crippen molar-refractivity contribution in [3.63, 3.8) is 0 Å². The van der Waals surface area contributed by atoms with Gasteiger partial charge in [0.1, 0.15) is 11.1 Å². The molecule has 1 aromatic heterocycles. The summed E-state index contributed by atoms with van der Waals surface area (Å²) in [5.74, 6) is 2.41. The summed E-state index contributed by atoms with van der Waals surface area (Å²) in [5.41, 5.74) is 0. The fourth-order valence-corrected chi connectivity index (χ4v) is 4.14. The van der Waals surface area contributed by atoms with Crippen molar-refractivity contribution in [2.24, 2.45) is 0 Å². The van der Waals surface area contributed by atoms with Crippen LogP contribution in [0, 0.1) is 0 Å². The first-order valence-electron chi connectivity index (χ1n) is 6.93. The molecular formula is C13H21Cl2N3O2S2. The first kappa shape index (κ1) is 20.0. The number of carbonyl (C=O) groups excluding carboxylic acids is 1. The van der Waals surface area contributed by atoms with Gasteiger partial charge in [0.2, 0.25) is 5.91 Å². The first-order chi connectivity index (χ1) is 9.83. The van der Waals surface area contributed by atoms with Crippen LogP contribution < -0.4 is 5.32 Å². The Bertz CT molecular complexity index is 445. The Morgan fingerprint density at radius 3 is 3.05 bits per heavy atom. The Hall–Kier alpha value is -0.0500. The molecule has 1 aromatic rings. The number of nitrogens with zero attached hydrogens (tertiary/aromatic N) is 2. The van der Waals surface area contributed by atoms with Crippen LogP contribution in [0.4, 0.5) is 0 Å². The summed E-state index contributed by atoms with van der Waals surface area (Å²) in [6, 6.07) is 0.322. The number of amides is 1. The number of ether oxygens (including phenoxy) is 1. The molecule has 0 radical (unpaired) electrons. The Labute approximate surface area is 151 Å². The molecule has 0 saturated carbocycles. The summed E-state index contributed by atoms with van der Waals surface area (Å²) >= 11 is 3.51. The fraction of sp³-hybridized carbons (Fsp3) is 0.692. The van der Waals surface area contributed by atoms with Crippen LogP contribution in [-0.2, 0) is 9.53 Å². The monoisotopic (exact) mass is 385 g/mol. The van der Waals surface area contributed by atoms with Crippen LogP contribution in [0.1, 0.15) is 17.5 Å². The Morgan fingerprint density at radius 1 is 1.50 bits per heavy atom. The molecule has 5 nitrogen and oxygen atoms in total. The lowest BCUT2D eigenvalue weighted by Gasteiger charge is -2.33. The first-order valence-corrected chi connectivity index (χ1v) is 8.96. The highest BCUT2D eigenvalue weighted by Gasteiger charge is 2.28. The third kappa shape index (κ3) is 5.25. The largest absolute Gasteiger partial charge is 0.367 e. The molecule has 1 N–H and O–H groups in total. The van der Waals surface area contributed by atoms with Gasteiger partial charge in [-0.15, -0.1) is 36.2 Å². The van der Waals surface area contributed by atoms with Gasteiger partial charge in [-0.3, -0.25) is 4.79 Å². The maximum absolute atomic E-state index is 12.4. The van der Waals surface area contributed by atoms with Crippen molar-refractivity contribution in [2.75, 3.05) is 37.7 Å². The van der Waals surface area contributed by atoms with Crippen molar-refractivity contribution < 1.29 is 9.53 Å². The average Bonchev–Trinajstić information content (AvgIpc) is 3.03. The molecule has 0 spiro atoms. The van der Waals surface area contributed by atoms with Gasteiger partial charge in [-0.1, -0.05) is 0 Å². The predicted molar refractivity (Wildman–Crippen MR) is 95.6 cm³/mol. The average molecular weight is 386 g/mol. The zero-order valence-corrected chi connectivity index (χ0v) is 15.4. The van der Waals surface area contributed by atoms with Gasteiger partial charge in [0, 0.05) is 48.6 Å². The molecule has 3 heterocycles. The molecule has 9 heteroatoms. The van der Waals surface area contributed by atoms with E-state index in [-0.39, 0.29) is 36.8 Å². The van der Waals surface area contributed by atoms with Gasteiger partial charge < -0.3 is 15.0 Å². The molecule has 22 heavy (non-hydrogen) atoms. The number of thioether (sulfide) groups is 1. The molecular weight excluding hydrogens is 365 g/mol. The third-order valence-corrected chi connectivity index (χ3v) is 5.56. The predicted octanol–water partition coefficient (Wildman–Crippen LogP) is 1.98. The number of hydrogen-bond donors (Lipinski definition) is 1. The summed E-state index contributed by atoms with van der Waals surface area (Å²) in [4.78, 5) is 18.6. The Kier molecular flexibility index (Phi) is 9.04. The number of morpholine rings is 1. The number of halogens is 2. The normalized spacial score (nSPS) is 25.0. The maximum Gasteiger partial charge on any atom is 0.224 e. The van der Waals surface area contributed by atoms with Crippen LogP contribution in [0.2, 0.25) is 0 Å². The molecule has 2 fully saturated rings. The highest BCUT2D eigenvalue weighted by atomic mass is 35.5. The highest BCUT2D eigenvalue weighted by molar-refractivity contribution is 7.99. The van der Waals surface area contributed by atoms with Crippen LogP contribution in [-0.4, -0.2) is 59.6 Å². The fourth-order valence-electron chi connectivity index (χ4n) is 2.51. The number of hydrogen-bond acceptors (Lipinski definition) is 6. The van der Waals surface area contributed by atoms with Crippen molar-refractivity contribution in [3.05, 3.63) is 16.6 Å². The SMILES string of the molecule is Cl.Cl.O=C(CC1CSCCN1)N1CCOC(c2nccs2)C1. The smallest absolute Gasteiger partial charge is 0.224 e. The Morgan fingerprint density at radius 2 is 2.36 bits per heavy atom. The van der Waals surface area contributed by atoms with Gasteiger partial charge in [0.25, 0.3) is 0 Å². The minimum Gasteiger partial charge on any atom is -0.367 e. The molecule has 1 amide bonds. The van der Waals surface area contributed by atoms with Crippen molar-refractivity contribution >= 4 is 53.8 Å². The van der Waals surface area contributed by atoms with Gasteiger partial charge >= 0.3 is 0 Å². The van der Waals surface area contributed by atoms with E-state index >= 15 is 0 Å². The Balaban J connectivity index is 0.00000121. The van der Waals surface area contributed by atoms with E-state index in [9.17, 15) is 4.79 Å². The number of rotatable bonds is 3. The summed E-state index contributed by atoms with van der Waals surface area (Å²) in [6.07, 6.45) is 2.33. The molecule has 2 aliphatic heterocycles. The minimum absolute atomic E-state index is 0. The molecule has 3 rings (SSSR count). The van der Waals surface area contributed by atoms with E-state index in [1.807, 2.05) is 22.0 Å². The van der Waals surface area contributed by atoms with E-state index in [1.54, 1.807) is 17.5 Å². The van der Waals surface area contributed by atoms with Crippen LogP contribution in [0.25, 0.3) is 0 Å². The molecule has 2 aliphatic rings. The molecule has 0 bridgehead atoms. The molecule has 2 saturated heterocycles. The second-order valence-electron chi connectivity index (χ2n) is 5.00. The molecule has 2 atom stereocenters. The summed E-state index contributed by atoms with van der Waals surface area (Å²) in [7, 11) is 0. The summed E-state index contributed by atoms with van der Waals surface area (Å²) in [5, 5.41) is 6.33. The van der Waals surface area contributed by atoms with Crippen molar-refractivity contribution in [3.8, 4) is 0 Å². The zero-order chi connectivity index (χ0) is 13.8. The van der Waals surface area contributed by atoms with E-state index in [4.69, 9.17) is 4.74 Å². The van der Waals surface area contributed by atoms with Gasteiger partial charge in [-0.25, -0.2) is 4.98 Å². The number of carbonyl (C=O) groups is 1. The van der Waals surface area contributed by atoms with E-state index in [0.717, 1.165) is 23.1 Å². The van der Waals surface area contributed by atoms with Gasteiger partial charge in [0.15, 0.2) is 0 Å². The lowest BCUT2D eigenvalue weighted by atomic mass is 10.2. The molecule has 0 aromatic carbocycles. The molecule has 126 valence electrons. The van der Waals surface area contributed by atoms with Crippen LogP contribution >= 0.6 is 47.9 Å². The zero-order valence-electron chi connectivity index (χ0n) is 12.1. The van der Waals surface area contributed by atoms with Gasteiger partial charge in [0.05, 0.1) is 13.2 Å². The van der Waals surface area contributed by atoms with Gasteiger partial charge in [-0.05, 0) is 0 Å². The number of nitrogens with one attached hydrogen (secondary N) is 1. The van der Waals surface area contributed by atoms with E-state index in [0.29, 0.717) is 32.2 Å². The van der Waals surface area contributed by atoms with Crippen molar-refractivity contribution in [1.29, 1.82) is 0 Å². The second kappa shape index (κ2) is 9.95. The van der Waals surface area contributed by atoms with Gasteiger partial charge in [-0.2, -0.15) is 11.8 Å². The van der Waals surface area contributed by atoms with Crippen molar-refractivity contribution in [1.82, 2.24) is 15.2 Å². The van der Waals surface area contributed by atoms with Crippen LogP contribution in [0.5, 0.6) is 0 Å². The van der Waals surface area contributed by atoms with Crippen molar-refractivity contribution in [2.45, 2.75) is 18.6 Å². The second-order valence-corrected chi connectivity index (χ2v) is 7.08. The lowest BCUT2D eigenvalue weighted by molar-refractivity contribution is -0.139. The third-order valence-electron chi connectivity index (χ3n) is 3.57. The maximum atomic E-state index is 12.4. The van der Waals surface area contributed by atoms with E-state index in [2.05, 4.69) is 10.3 Å². The standard InChI is InChI=1S/C13H19N3O2S2.2ClH/c17-12(7-10-9-19-5-1-14-10)16-3-4-18-11(8-16)13-15-2-6-20-13;;/h2,6,10-11,14H,1,3-5,7-9H2;2*1H. The number of thiazole rings is 1. The van der Waals surface area contributed by atoms with Crippen LogP contribution in [0.15, 0.2) is 11.6 Å². The molecule has 2 unspecified atom stereocenters.